The third-order valence-electron chi connectivity index (χ3n) is 4.82. The summed E-state index contributed by atoms with van der Waals surface area (Å²) in [5, 5.41) is 0. The van der Waals surface area contributed by atoms with Crippen molar-refractivity contribution in [2.75, 3.05) is 38.1 Å². The van der Waals surface area contributed by atoms with Gasteiger partial charge in [0.2, 0.25) is 10.0 Å². The standard InChI is InChI=1S/C19H24FN3O2S/c1-15-3-6-17(20)13-19(15)26(24,25)21-14-16-4-7-18(8-5-16)23-11-9-22(2)10-12-23/h3-8,13,21H,9-12,14H2,1-2H3/p+1. The minimum absolute atomic E-state index is 0.0194. The fourth-order valence-electron chi connectivity index (χ4n) is 3.09. The molecule has 2 aromatic rings. The van der Waals surface area contributed by atoms with E-state index in [9.17, 15) is 12.8 Å². The Morgan fingerprint density at radius 3 is 2.42 bits per heavy atom. The number of benzene rings is 2. The van der Waals surface area contributed by atoms with Gasteiger partial charge < -0.3 is 9.80 Å². The summed E-state index contributed by atoms with van der Waals surface area (Å²) in [5.41, 5.74) is 2.54. The predicted molar refractivity (Wildman–Crippen MR) is 100 cm³/mol. The molecule has 0 aliphatic carbocycles. The van der Waals surface area contributed by atoms with Crippen LogP contribution in [0.2, 0.25) is 0 Å². The number of piperazine rings is 1. The summed E-state index contributed by atoms with van der Waals surface area (Å²) in [6, 6.07) is 11.7. The van der Waals surface area contributed by atoms with Crippen molar-refractivity contribution in [2.45, 2.75) is 18.4 Å². The van der Waals surface area contributed by atoms with Crippen molar-refractivity contribution in [3.63, 3.8) is 0 Å². The molecule has 1 fully saturated rings. The fraction of sp³-hybridized carbons (Fsp3) is 0.368. The van der Waals surface area contributed by atoms with E-state index in [1.165, 1.54) is 12.1 Å². The molecule has 2 N–H and O–H groups in total. The SMILES string of the molecule is Cc1ccc(F)cc1S(=O)(=O)NCc1ccc(N2CC[NH+](C)CC2)cc1. The van der Waals surface area contributed by atoms with Crippen molar-refractivity contribution in [3.05, 3.63) is 59.4 Å². The number of rotatable bonds is 5. The lowest BCUT2D eigenvalue weighted by Gasteiger charge is -2.31. The van der Waals surface area contributed by atoms with Gasteiger partial charge in [0.05, 0.1) is 38.1 Å². The van der Waals surface area contributed by atoms with Crippen molar-refractivity contribution < 1.29 is 17.7 Å². The molecular weight excluding hydrogens is 353 g/mol. The van der Waals surface area contributed by atoms with Gasteiger partial charge in [-0.2, -0.15) is 0 Å². The van der Waals surface area contributed by atoms with Crippen LogP contribution >= 0.6 is 0 Å². The normalized spacial score (nSPS) is 16.0. The number of hydrogen-bond acceptors (Lipinski definition) is 3. The van der Waals surface area contributed by atoms with Gasteiger partial charge in [0.1, 0.15) is 5.82 Å². The molecule has 0 unspecified atom stereocenters. The largest absolute Gasteiger partial charge is 0.360 e. The maximum atomic E-state index is 13.4. The number of hydrogen-bond donors (Lipinski definition) is 2. The Labute approximate surface area is 154 Å². The van der Waals surface area contributed by atoms with E-state index in [-0.39, 0.29) is 11.4 Å². The summed E-state index contributed by atoms with van der Waals surface area (Å²) >= 11 is 0. The number of quaternary nitrogens is 1. The number of sulfonamides is 1. The Hall–Kier alpha value is -1.96. The lowest BCUT2D eigenvalue weighted by atomic mass is 10.2. The first-order valence-electron chi connectivity index (χ1n) is 8.76. The molecule has 140 valence electrons. The zero-order valence-corrected chi connectivity index (χ0v) is 15.9. The molecule has 1 aliphatic heterocycles. The van der Waals surface area contributed by atoms with Crippen molar-refractivity contribution in [3.8, 4) is 0 Å². The van der Waals surface area contributed by atoms with E-state index in [0.29, 0.717) is 5.56 Å². The molecule has 0 amide bonds. The summed E-state index contributed by atoms with van der Waals surface area (Å²) in [7, 11) is -1.55. The van der Waals surface area contributed by atoms with Crippen LogP contribution < -0.4 is 14.5 Å². The van der Waals surface area contributed by atoms with Crippen molar-refractivity contribution in [2.24, 2.45) is 0 Å². The van der Waals surface area contributed by atoms with Crippen LogP contribution in [0.15, 0.2) is 47.4 Å². The van der Waals surface area contributed by atoms with Gasteiger partial charge in [-0.3, -0.25) is 0 Å². The molecule has 7 heteroatoms. The topological polar surface area (TPSA) is 53.9 Å². The Morgan fingerprint density at radius 1 is 1.12 bits per heavy atom. The van der Waals surface area contributed by atoms with Crippen LogP contribution in [-0.4, -0.2) is 41.6 Å². The Balaban J connectivity index is 1.65. The Bertz CT molecular complexity index is 861. The van der Waals surface area contributed by atoms with E-state index >= 15 is 0 Å². The molecule has 0 saturated carbocycles. The lowest BCUT2D eigenvalue weighted by molar-refractivity contribution is -0.880. The zero-order valence-electron chi connectivity index (χ0n) is 15.1. The van der Waals surface area contributed by atoms with Crippen molar-refractivity contribution >= 4 is 15.7 Å². The smallest absolute Gasteiger partial charge is 0.241 e. The molecule has 26 heavy (non-hydrogen) atoms. The molecule has 0 atom stereocenters. The summed E-state index contributed by atoms with van der Waals surface area (Å²) in [6.45, 7) is 6.11. The summed E-state index contributed by atoms with van der Waals surface area (Å²) in [4.78, 5) is 3.87. The molecule has 0 radical (unpaired) electrons. The molecule has 5 nitrogen and oxygen atoms in total. The van der Waals surface area contributed by atoms with Gasteiger partial charge in [0.25, 0.3) is 0 Å². The highest BCUT2D eigenvalue weighted by Crippen LogP contribution is 2.18. The van der Waals surface area contributed by atoms with Crippen LogP contribution in [0.25, 0.3) is 0 Å². The quantitative estimate of drug-likeness (QED) is 0.815. The highest BCUT2D eigenvalue weighted by atomic mass is 32.2. The predicted octanol–water partition coefficient (Wildman–Crippen LogP) is 0.947. The van der Waals surface area contributed by atoms with Gasteiger partial charge in [0, 0.05) is 12.2 Å². The van der Waals surface area contributed by atoms with Crippen LogP contribution in [0.3, 0.4) is 0 Å². The molecule has 1 aliphatic rings. The summed E-state index contributed by atoms with van der Waals surface area (Å²) < 4.78 is 40.8. The van der Waals surface area contributed by atoms with Crippen LogP contribution in [-0.2, 0) is 16.6 Å². The van der Waals surface area contributed by atoms with Crippen LogP contribution in [0.1, 0.15) is 11.1 Å². The van der Waals surface area contributed by atoms with Crippen molar-refractivity contribution in [1.82, 2.24) is 4.72 Å². The third-order valence-corrected chi connectivity index (χ3v) is 6.37. The highest BCUT2D eigenvalue weighted by Gasteiger charge is 2.18. The number of nitrogens with zero attached hydrogens (tertiary/aromatic N) is 1. The molecule has 2 aromatic carbocycles. The lowest BCUT2D eigenvalue weighted by Crippen LogP contribution is -3.12. The molecule has 1 saturated heterocycles. The van der Waals surface area contributed by atoms with E-state index in [1.54, 1.807) is 11.8 Å². The molecule has 1 heterocycles. The fourth-order valence-corrected chi connectivity index (χ4v) is 4.36. The average molecular weight is 378 g/mol. The summed E-state index contributed by atoms with van der Waals surface area (Å²) in [5.74, 6) is -0.561. The Morgan fingerprint density at radius 2 is 1.77 bits per heavy atom. The summed E-state index contributed by atoms with van der Waals surface area (Å²) in [6.07, 6.45) is 0. The van der Waals surface area contributed by atoms with Crippen LogP contribution in [0, 0.1) is 12.7 Å². The van der Waals surface area contributed by atoms with E-state index in [0.717, 1.165) is 43.5 Å². The third kappa shape index (κ3) is 4.41. The van der Waals surface area contributed by atoms with Crippen LogP contribution in [0.4, 0.5) is 10.1 Å². The minimum atomic E-state index is -3.75. The second-order valence-corrected chi connectivity index (χ2v) is 8.58. The molecule has 0 bridgehead atoms. The van der Waals surface area contributed by atoms with E-state index < -0.39 is 15.8 Å². The molecular formula is C19H25FN3O2S+. The van der Waals surface area contributed by atoms with E-state index in [2.05, 4.69) is 16.7 Å². The number of nitrogens with one attached hydrogen (secondary N) is 2. The van der Waals surface area contributed by atoms with Gasteiger partial charge in [-0.15, -0.1) is 0 Å². The van der Waals surface area contributed by atoms with Gasteiger partial charge >= 0.3 is 0 Å². The molecule has 0 spiro atoms. The number of likely N-dealkylation sites (N-methyl/N-ethyl adjacent to an activating group) is 1. The van der Waals surface area contributed by atoms with Gasteiger partial charge in [-0.25, -0.2) is 17.5 Å². The maximum absolute atomic E-state index is 13.4. The Kier molecular flexibility index (Phi) is 5.60. The minimum Gasteiger partial charge on any atom is -0.360 e. The van der Waals surface area contributed by atoms with E-state index in [4.69, 9.17) is 0 Å². The van der Waals surface area contributed by atoms with E-state index in [1.807, 2.05) is 24.3 Å². The number of halogens is 1. The number of anilines is 1. The average Bonchev–Trinajstić information content (AvgIpc) is 2.63. The maximum Gasteiger partial charge on any atom is 0.241 e. The second-order valence-electron chi connectivity index (χ2n) is 6.84. The van der Waals surface area contributed by atoms with Gasteiger partial charge in [-0.1, -0.05) is 18.2 Å². The number of aryl methyl sites for hydroxylation is 1. The van der Waals surface area contributed by atoms with Crippen LogP contribution in [0.5, 0.6) is 0 Å². The first kappa shape index (κ1) is 18.8. The van der Waals surface area contributed by atoms with Crippen molar-refractivity contribution in [1.29, 1.82) is 0 Å². The first-order valence-corrected chi connectivity index (χ1v) is 10.2. The zero-order chi connectivity index (χ0) is 18.7. The van der Waals surface area contributed by atoms with Gasteiger partial charge in [-0.05, 0) is 42.3 Å². The highest BCUT2D eigenvalue weighted by molar-refractivity contribution is 7.89. The monoisotopic (exact) mass is 378 g/mol. The molecule has 3 rings (SSSR count). The second kappa shape index (κ2) is 7.73. The molecule has 0 aromatic heterocycles. The first-order chi connectivity index (χ1) is 12.3. The van der Waals surface area contributed by atoms with Gasteiger partial charge in [0.15, 0.2) is 0 Å².